The van der Waals surface area contributed by atoms with Gasteiger partial charge in [-0.1, -0.05) is 78.9 Å². The molecule has 0 bridgehead atoms. The van der Waals surface area contributed by atoms with E-state index in [1.165, 1.54) is 30.3 Å². The summed E-state index contributed by atoms with van der Waals surface area (Å²) in [6, 6.07) is 31.3. The Morgan fingerprint density at radius 2 is 0.743 bits per heavy atom. The van der Waals surface area contributed by atoms with Gasteiger partial charge in [0.05, 0.1) is 35.1 Å². The van der Waals surface area contributed by atoms with Gasteiger partial charge in [-0.3, -0.25) is 19.2 Å². The normalized spacial score (nSPS) is 14.0. The average molecular weight is 1090 g/mol. The van der Waals surface area contributed by atoms with E-state index in [9.17, 15) is 58.8 Å². The molecular formula is C50H32BINa4O14. The summed E-state index contributed by atoms with van der Waals surface area (Å²) in [7, 11) is -0.560. The number of aromatic carboxylic acids is 4. The molecule has 0 saturated carbocycles. The molecule has 6 aromatic rings. The van der Waals surface area contributed by atoms with Crippen molar-refractivity contribution in [3.05, 3.63) is 169 Å². The maximum atomic E-state index is 12.6. The first kappa shape index (κ1) is 60.9. The van der Waals surface area contributed by atoms with E-state index in [-0.39, 0.29) is 152 Å². The first-order valence-corrected chi connectivity index (χ1v) is 21.0. The van der Waals surface area contributed by atoms with Crippen LogP contribution in [-0.4, -0.2) is 65.3 Å². The van der Waals surface area contributed by atoms with E-state index in [2.05, 4.69) is 0 Å². The molecule has 20 heteroatoms. The maximum Gasteiger partial charge on any atom is 1.00 e. The summed E-state index contributed by atoms with van der Waals surface area (Å²) in [6.07, 6.45) is 0. The number of carboxylic acids is 4. The van der Waals surface area contributed by atoms with Crippen molar-refractivity contribution in [1.29, 1.82) is 0 Å². The van der Waals surface area contributed by atoms with E-state index in [1.54, 1.807) is 54.6 Å². The van der Waals surface area contributed by atoms with Gasteiger partial charge in [0.25, 0.3) is 0 Å². The molecule has 0 unspecified atom stereocenters. The summed E-state index contributed by atoms with van der Waals surface area (Å²) in [5.41, 5.74) is 3.66. The largest absolute Gasteiger partial charge is 1.00 e. The molecule has 0 aromatic heterocycles. The Morgan fingerprint density at radius 3 is 1.14 bits per heavy atom. The first-order chi connectivity index (χ1) is 31.1. The second-order valence-electron chi connectivity index (χ2n) is 16.2. The smallest absolute Gasteiger partial charge is 0.545 e. The molecule has 1 heterocycles. The number of halogens is 1. The van der Waals surface area contributed by atoms with Crippen LogP contribution in [0.5, 0.6) is 0 Å². The Kier molecular flexibility index (Phi) is 21.4. The number of Topliss-reactive ketones (excluding diaryl/α,β-unsaturated/α-hetero) is 4. The van der Waals surface area contributed by atoms with Gasteiger partial charge in [-0.05, 0) is 154 Å². The van der Waals surface area contributed by atoms with Gasteiger partial charge >= 0.3 is 125 Å². The molecule has 0 amide bonds. The molecule has 1 fully saturated rings. The zero-order valence-electron chi connectivity index (χ0n) is 39.2. The Morgan fingerprint density at radius 1 is 0.414 bits per heavy atom. The molecule has 1 saturated heterocycles. The Labute approximate surface area is 503 Å². The molecule has 1 aliphatic heterocycles. The van der Waals surface area contributed by atoms with Gasteiger partial charge in [0.2, 0.25) is 23.1 Å². The van der Waals surface area contributed by atoms with Crippen LogP contribution >= 0.6 is 22.6 Å². The molecule has 0 N–H and O–H groups in total. The molecule has 0 spiro atoms. The summed E-state index contributed by atoms with van der Waals surface area (Å²) in [5, 5.41) is 43.2. The van der Waals surface area contributed by atoms with Gasteiger partial charge < -0.3 is 48.9 Å². The number of hydrogen-bond acceptors (Lipinski definition) is 14. The summed E-state index contributed by atoms with van der Waals surface area (Å²) >= 11 is 1.82. The third-order valence-electron chi connectivity index (χ3n) is 11.5. The van der Waals surface area contributed by atoms with Crippen LogP contribution in [-0.2, 0) is 9.31 Å². The predicted molar refractivity (Wildman–Crippen MR) is 239 cm³/mol. The van der Waals surface area contributed by atoms with E-state index >= 15 is 0 Å². The van der Waals surface area contributed by atoms with Crippen molar-refractivity contribution < 1.29 is 186 Å². The molecule has 0 atom stereocenters. The van der Waals surface area contributed by atoms with Crippen molar-refractivity contribution in [2.75, 3.05) is 0 Å². The first-order valence-electron chi connectivity index (χ1n) is 19.9. The number of benzene rings is 6. The van der Waals surface area contributed by atoms with Crippen LogP contribution in [0.3, 0.4) is 0 Å². The maximum absolute atomic E-state index is 12.6. The third kappa shape index (κ3) is 12.7. The van der Waals surface area contributed by atoms with E-state index in [4.69, 9.17) is 9.31 Å². The zero-order valence-corrected chi connectivity index (χ0v) is 49.4. The van der Waals surface area contributed by atoms with Crippen LogP contribution in [0.2, 0.25) is 0 Å². The van der Waals surface area contributed by atoms with Crippen LogP contribution in [0.4, 0.5) is 0 Å². The minimum Gasteiger partial charge on any atom is -0.545 e. The topological polar surface area (TPSA) is 247 Å². The average Bonchev–Trinajstić information content (AvgIpc) is 3.52. The minimum atomic E-state index is -1.54. The fourth-order valence-corrected chi connectivity index (χ4v) is 8.10. The fourth-order valence-electron chi connectivity index (χ4n) is 7.43. The molecule has 70 heavy (non-hydrogen) atoms. The summed E-state index contributed by atoms with van der Waals surface area (Å²) < 4.78 is 12.6. The van der Waals surface area contributed by atoms with E-state index in [0.717, 1.165) is 28.7 Å². The summed E-state index contributed by atoms with van der Waals surface area (Å²) in [6.45, 7) is 7.93. The standard InChI is InChI=1S/C22H12O6.C20H19BO4.C8H5IO4.4Na/c23-19-17-4-2-1-3-15(17)16-6-5-11(10-18(16)20(19)24)12-7-13(21(25)26)9-14(8-12)22(27)28;1-19(2)20(3,4)25-21(24-19)12-9-10-14-13-7-5-6-8-15(13)17(22)18(23)16(14)11-12;9-6-2-4(7(10)11)1-5(3-6)8(12)13;;;;/h1-10H,(H,25,26)(H,27,28);5-11H,1-4H3;1-3H,(H,10,11)(H,12,13);;;;/q;;;4*+1/p-4. The third-order valence-corrected chi connectivity index (χ3v) is 12.1. The fraction of sp³-hybridized carbons (Fsp3) is 0.120. The van der Waals surface area contributed by atoms with Crippen molar-refractivity contribution >= 4 is 82.2 Å². The number of hydrogen-bond donors (Lipinski definition) is 0. The van der Waals surface area contributed by atoms with E-state index in [0.29, 0.717) is 37.0 Å². The van der Waals surface area contributed by atoms with Crippen LogP contribution in [0.15, 0.2) is 121 Å². The van der Waals surface area contributed by atoms with Crippen LogP contribution in [0.1, 0.15) is 111 Å². The Bertz CT molecular complexity index is 3060. The molecule has 9 rings (SSSR count). The minimum absolute atomic E-state index is 0. The Balaban J connectivity index is 0.000000286. The number of carbonyl (C=O) groups is 8. The SMILES string of the molecule is CC1(C)OB(c2ccc3c(c2)C(=O)C(=O)c2ccccc2-3)OC1(C)C.O=C([O-])c1cc(C(=O)[O-])cc(-c2ccc3c(c2)C(=O)C(=O)c2ccccc2-3)c1.O=C([O-])c1cc(I)cc(C(=O)[O-])c1.[Na+].[Na+].[Na+].[Na+]. The van der Waals surface area contributed by atoms with Crippen LogP contribution < -0.4 is 144 Å². The Hall–Kier alpha value is -3.41. The van der Waals surface area contributed by atoms with Crippen molar-refractivity contribution in [3.8, 4) is 33.4 Å². The van der Waals surface area contributed by atoms with Crippen molar-refractivity contribution in [2.24, 2.45) is 0 Å². The van der Waals surface area contributed by atoms with Gasteiger partial charge in [-0.15, -0.1) is 0 Å². The molecule has 6 aromatic carbocycles. The zero-order chi connectivity index (χ0) is 48.0. The van der Waals surface area contributed by atoms with Crippen molar-refractivity contribution in [2.45, 2.75) is 38.9 Å². The molecule has 14 nitrogen and oxygen atoms in total. The van der Waals surface area contributed by atoms with Crippen LogP contribution in [0.25, 0.3) is 33.4 Å². The second-order valence-corrected chi connectivity index (χ2v) is 17.5. The van der Waals surface area contributed by atoms with Gasteiger partial charge in [-0.25, -0.2) is 0 Å². The molecule has 330 valence electrons. The van der Waals surface area contributed by atoms with Crippen molar-refractivity contribution in [1.82, 2.24) is 0 Å². The molecule has 2 aliphatic carbocycles. The second kappa shape index (κ2) is 24.5. The van der Waals surface area contributed by atoms with Gasteiger partial charge in [0.1, 0.15) is 0 Å². The molecular weight excluding hydrogens is 1050 g/mol. The number of rotatable bonds is 6. The monoisotopic (exact) mass is 1090 g/mol. The number of carbonyl (C=O) groups excluding carboxylic acids is 8. The molecule has 0 radical (unpaired) electrons. The number of carboxylic acid groups (broad SMARTS) is 4. The van der Waals surface area contributed by atoms with E-state index < -0.39 is 65.3 Å². The summed E-state index contributed by atoms with van der Waals surface area (Å²) in [5.74, 6) is -8.13. The van der Waals surface area contributed by atoms with Crippen molar-refractivity contribution in [3.63, 3.8) is 0 Å². The van der Waals surface area contributed by atoms with Gasteiger partial charge in [-0.2, -0.15) is 0 Å². The van der Waals surface area contributed by atoms with Crippen LogP contribution in [0, 0.1) is 3.57 Å². The van der Waals surface area contributed by atoms with E-state index in [1.807, 2.05) is 74.6 Å². The molecule has 3 aliphatic rings. The van der Waals surface area contributed by atoms with Gasteiger partial charge in [0, 0.05) is 25.8 Å². The number of fused-ring (bicyclic) bond motifs is 6. The predicted octanol–water partition coefficient (Wildman–Crippen LogP) is -8.81. The summed E-state index contributed by atoms with van der Waals surface area (Å²) in [4.78, 5) is 93.1. The number of ketones is 4. The van der Waals surface area contributed by atoms with Gasteiger partial charge in [0.15, 0.2) is 0 Å². The quantitative estimate of drug-likeness (QED) is 0.0855.